The van der Waals surface area contributed by atoms with Gasteiger partial charge in [-0.15, -0.1) is 11.8 Å². The Labute approximate surface area is 145 Å². The van der Waals surface area contributed by atoms with Gasteiger partial charge in [-0.1, -0.05) is 0 Å². The number of thioether (sulfide) groups is 1. The molecule has 24 heavy (non-hydrogen) atoms. The van der Waals surface area contributed by atoms with Gasteiger partial charge in [-0.2, -0.15) is 0 Å². The third kappa shape index (κ3) is 4.06. The summed E-state index contributed by atoms with van der Waals surface area (Å²) in [4.78, 5) is 14.0. The van der Waals surface area contributed by atoms with E-state index in [0.717, 1.165) is 5.56 Å². The molecule has 8 heteroatoms. The highest BCUT2D eigenvalue weighted by molar-refractivity contribution is 8.00. The lowest BCUT2D eigenvalue weighted by atomic mass is 10.1. The van der Waals surface area contributed by atoms with Crippen LogP contribution >= 0.6 is 11.8 Å². The molecule has 1 aromatic rings. The van der Waals surface area contributed by atoms with Gasteiger partial charge in [-0.05, 0) is 0 Å². The fourth-order valence-electron chi connectivity index (χ4n) is 2.54. The Morgan fingerprint density at radius 1 is 1.17 bits per heavy atom. The number of methoxy groups -OCH3 is 3. The van der Waals surface area contributed by atoms with Crippen molar-refractivity contribution >= 4 is 17.7 Å². The van der Waals surface area contributed by atoms with Crippen LogP contribution in [-0.4, -0.2) is 69.4 Å². The Morgan fingerprint density at radius 2 is 1.83 bits per heavy atom. The molecule has 0 radical (unpaired) electrons. The molecule has 0 aromatic heterocycles. The van der Waals surface area contributed by atoms with Gasteiger partial charge in [0.2, 0.25) is 5.91 Å². The van der Waals surface area contributed by atoms with Crippen LogP contribution in [0.15, 0.2) is 12.1 Å². The van der Waals surface area contributed by atoms with Gasteiger partial charge < -0.3 is 29.0 Å². The van der Waals surface area contributed by atoms with Crippen molar-refractivity contribution in [3.8, 4) is 17.2 Å². The van der Waals surface area contributed by atoms with Crippen molar-refractivity contribution in [2.45, 2.75) is 5.37 Å². The Bertz CT molecular complexity index is 542. The fraction of sp³-hybridized carbons (Fsp3) is 0.562. The summed E-state index contributed by atoms with van der Waals surface area (Å²) in [5, 5.41) is 8.55. The summed E-state index contributed by atoms with van der Waals surface area (Å²) in [5.41, 5.74) is 0.804. The lowest BCUT2D eigenvalue weighted by Gasteiger charge is -2.27. The molecule has 1 unspecified atom stereocenters. The predicted molar refractivity (Wildman–Crippen MR) is 90.9 cm³/mol. The molecule has 0 bridgehead atoms. The van der Waals surface area contributed by atoms with E-state index >= 15 is 0 Å². The zero-order chi connectivity index (χ0) is 17.5. The van der Waals surface area contributed by atoms with Crippen molar-refractivity contribution in [1.29, 1.82) is 0 Å². The molecule has 1 saturated heterocycles. The third-order valence-electron chi connectivity index (χ3n) is 3.68. The van der Waals surface area contributed by atoms with E-state index in [1.54, 1.807) is 38.4 Å². The molecule has 1 aromatic carbocycles. The van der Waals surface area contributed by atoms with Crippen LogP contribution in [0.1, 0.15) is 10.9 Å². The first kappa shape index (κ1) is 18.7. The van der Waals surface area contributed by atoms with Crippen molar-refractivity contribution in [2.75, 3.05) is 53.4 Å². The first-order chi connectivity index (χ1) is 11.7. The first-order valence-electron chi connectivity index (χ1n) is 7.55. The summed E-state index contributed by atoms with van der Waals surface area (Å²) >= 11 is 1.52. The van der Waals surface area contributed by atoms with Gasteiger partial charge in [0.1, 0.15) is 22.6 Å². The topological polar surface area (TPSA) is 77.5 Å². The first-order valence-corrected chi connectivity index (χ1v) is 8.60. The zero-order valence-corrected chi connectivity index (χ0v) is 14.9. The molecule has 1 aliphatic rings. The fourth-order valence-corrected chi connectivity index (χ4v) is 3.81. The summed E-state index contributed by atoms with van der Waals surface area (Å²) in [6.07, 6.45) is 0. The van der Waals surface area contributed by atoms with Crippen molar-refractivity contribution in [1.82, 2.24) is 4.90 Å². The molecule has 1 amide bonds. The lowest BCUT2D eigenvalue weighted by Crippen LogP contribution is -2.32. The number of aliphatic hydroxyl groups excluding tert-OH is 1. The van der Waals surface area contributed by atoms with Gasteiger partial charge in [0.15, 0.2) is 0 Å². The Morgan fingerprint density at radius 3 is 2.38 bits per heavy atom. The van der Waals surface area contributed by atoms with Gasteiger partial charge in [0, 0.05) is 18.7 Å². The molecule has 1 atom stereocenters. The number of amides is 1. The van der Waals surface area contributed by atoms with Crippen molar-refractivity contribution in [3.63, 3.8) is 0 Å². The summed E-state index contributed by atoms with van der Waals surface area (Å²) in [7, 11) is 4.73. The lowest BCUT2D eigenvalue weighted by molar-refractivity contribution is -0.128. The van der Waals surface area contributed by atoms with E-state index < -0.39 is 0 Å². The number of carbonyl (C=O) groups excluding carboxylic acids is 1. The van der Waals surface area contributed by atoms with E-state index in [9.17, 15) is 4.79 Å². The van der Waals surface area contributed by atoms with Crippen molar-refractivity contribution < 1.29 is 28.8 Å². The molecule has 0 aliphatic carbocycles. The van der Waals surface area contributed by atoms with Gasteiger partial charge >= 0.3 is 0 Å². The van der Waals surface area contributed by atoms with Crippen LogP contribution in [-0.2, 0) is 9.53 Å². The molecular weight excluding hydrogens is 334 g/mol. The maximum Gasteiger partial charge on any atom is 0.233 e. The van der Waals surface area contributed by atoms with Crippen LogP contribution in [0.2, 0.25) is 0 Å². The van der Waals surface area contributed by atoms with Gasteiger partial charge in [0.05, 0.1) is 52.5 Å². The molecule has 0 spiro atoms. The van der Waals surface area contributed by atoms with Crippen molar-refractivity contribution in [3.05, 3.63) is 17.7 Å². The summed E-state index contributed by atoms with van der Waals surface area (Å²) < 4.78 is 21.5. The van der Waals surface area contributed by atoms with E-state index in [4.69, 9.17) is 24.1 Å². The number of carbonyl (C=O) groups is 1. The monoisotopic (exact) mass is 357 g/mol. The largest absolute Gasteiger partial charge is 0.496 e. The second kappa shape index (κ2) is 9.00. The average molecular weight is 357 g/mol. The summed E-state index contributed by atoms with van der Waals surface area (Å²) in [6.45, 7) is 1.03. The smallest absolute Gasteiger partial charge is 0.233 e. The number of benzene rings is 1. The number of rotatable bonds is 9. The highest BCUT2D eigenvalue weighted by Gasteiger charge is 2.36. The Kier molecular flexibility index (Phi) is 7.01. The Balaban J connectivity index is 2.29. The minimum Gasteiger partial charge on any atom is -0.496 e. The highest BCUT2D eigenvalue weighted by atomic mass is 32.2. The Hall–Kier alpha value is -1.64. The second-order valence-corrected chi connectivity index (χ2v) is 6.10. The van der Waals surface area contributed by atoms with Crippen LogP contribution < -0.4 is 14.2 Å². The highest BCUT2D eigenvalue weighted by Crippen LogP contribution is 2.48. The van der Waals surface area contributed by atoms with Gasteiger partial charge in [0.25, 0.3) is 0 Å². The van der Waals surface area contributed by atoms with E-state index in [1.165, 1.54) is 11.8 Å². The van der Waals surface area contributed by atoms with Crippen LogP contribution in [0.5, 0.6) is 17.2 Å². The molecule has 1 heterocycles. The van der Waals surface area contributed by atoms with Crippen LogP contribution in [0.25, 0.3) is 0 Å². The number of hydrogen-bond donors (Lipinski definition) is 1. The number of nitrogens with zero attached hydrogens (tertiary/aromatic N) is 1. The van der Waals surface area contributed by atoms with Crippen molar-refractivity contribution in [2.24, 2.45) is 0 Å². The van der Waals surface area contributed by atoms with E-state index in [-0.39, 0.29) is 24.5 Å². The standard InChI is InChI=1S/C16H23NO6S/c1-20-11-8-12(21-2)15(13(9-11)22-3)16-17(14(19)10-24-16)4-6-23-7-5-18/h8-9,16,18H,4-7,10H2,1-3H3. The molecule has 0 saturated carbocycles. The quantitative estimate of drug-likeness (QED) is 0.667. The molecule has 1 fully saturated rings. The number of aliphatic hydroxyl groups is 1. The van der Waals surface area contributed by atoms with Crippen LogP contribution in [0.3, 0.4) is 0 Å². The van der Waals surface area contributed by atoms with E-state index in [2.05, 4.69) is 0 Å². The molecule has 7 nitrogen and oxygen atoms in total. The van der Waals surface area contributed by atoms with Gasteiger partial charge in [-0.3, -0.25) is 4.79 Å². The minimum absolute atomic E-state index is 0.0355. The van der Waals surface area contributed by atoms with E-state index in [1.807, 2.05) is 0 Å². The number of ether oxygens (including phenoxy) is 4. The second-order valence-electron chi connectivity index (χ2n) is 5.03. The SMILES string of the molecule is COc1cc(OC)c(C2SCC(=O)N2CCOCCO)c(OC)c1. The summed E-state index contributed by atoms with van der Waals surface area (Å²) in [5.74, 6) is 2.28. The minimum atomic E-state index is -0.217. The molecular formula is C16H23NO6S. The number of hydrogen-bond acceptors (Lipinski definition) is 7. The molecule has 2 rings (SSSR count). The van der Waals surface area contributed by atoms with Gasteiger partial charge in [-0.25, -0.2) is 0 Å². The van der Waals surface area contributed by atoms with Crippen LogP contribution in [0.4, 0.5) is 0 Å². The molecule has 1 aliphatic heterocycles. The summed E-state index contributed by atoms with van der Waals surface area (Å²) in [6, 6.07) is 3.56. The zero-order valence-electron chi connectivity index (χ0n) is 14.1. The molecule has 1 N–H and O–H groups in total. The maximum absolute atomic E-state index is 12.2. The predicted octanol–water partition coefficient (Wildman–Crippen LogP) is 1.30. The average Bonchev–Trinajstić information content (AvgIpc) is 2.97. The third-order valence-corrected chi connectivity index (χ3v) is 4.90. The normalized spacial score (nSPS) is 17.2. The van der Waals surface area contributed by atoms with Crippen LogP contribution in [0, 0.1) is 0 Å². The van der Waals surface area contributed by atoms with E-state index in [0.29, 0.717) is 36.2 Å². The molecule has 134 valence electrons. The maximum atomic E-state index is 12.2.